The topological polar surface area (TPSA) is 122 Å². The molecule has 1 aliphatic heterocycles. The van der Waals surface area contributed by atoms with Crippen LogP contribution in [0.3, 0.4) is 0 Å². The van der Waals surface area contributed by atoms with Crippen molar-refractivity contribution >= 4 is 46.6 Å². The lowest BCUT2D eigenvalue weighted by atomic mass is 9.88. The normalized spacial score (nSPS) is 24.5. The van der Waals surface area contributed by atoms with E-state index in [1.165, 1.54) is 0 Å². The van der Waals surface area contributed by atoms with Crippen LogP contribution in [0.25, 0.3) is 0 Å². The molecule has 1 aromatic heterocycles. The van der Waals surface area contributed by atoms with Gasteiger partial charge in [0.15, 0.2) is 5.82 Å². The number of amides is 2. The molecule has 0 radical (unpaired) electrons. The number of methoxy groups -OCH3 is 1. The van der Waals surface area contributed by atoms with Crippen molar-refractivity contribution in [2.75, 3.05) is 29.2 Å². The zero-order valence-electron chi connectivity index (χ0n) is 19.8. The van der Waals surface area contributed by atoms with Crippen molar-refractivity contribution in [3.8, 4) is 5.75 Å². The fourth-order valence-corrected chi connectivity index (χ4v) is 5.78. The smallest absolute Gasteiger partial charge is 0.232 e. The van der Waals surface area contributed by atoms with Crippen LogP contribution >= 0.6 is 11.6 Å². The largest absolute Gasteiger partial charge is 0.494 e. The Morgan fingerprint density at radius 3 is 2.86 bits per heavy atom. The third-order valence-electron chi connectivity index (χ3n) is 7.22. The number of rotatable bonds is 7. The molecule has 1 saturated carbocycles. The first-order valence-electron chi connectivity index (χ1n) is 11.9. The maximum atomic E-state index is 12.2. The summed E-state index contributed by atoms with van der Waals surface area (Å²) in [6.45, 7) is 2.57. The second kappa shape index (κ2) is 9.37. The van der Waals surface area contributed by atoms with Crippen LogP contribution < -0.4 is 26.0 Å². The molecule has 1 fully saturated rings. The van der Waals surface area contributed by atoms with Crippen LogP contribution in [0.15, 0.2) is 30.5 Å². The van der Waals surface area contributed by atoms with E-state index in [4.69, 9.17) is 27.1 Å². The Labute approximate surface area is 209 Å². The second-order valence-electron chi connectivity index (χ2n) is 9.20. The molecule has 2 amide bonds. The van der Waals surface area contributed by atoms with E-state index in [-0.39, 0.29) is 35.6 Å². The van der Waals surface area contributed by atoms with Crippen LogP contribution in [0, 0.1) is 17.8 Å². The predicted octanol–water partition coefficient (Wildman–Crippen LogP) is 3.66. The number of ether oxygens (including phenoxy) is 1. The summed E-state index contributed by atoms with van der Waals surface area (Å²) in [6, 6.07) is 3.64. The van der Waals surface area contributed by atoms with Gasteiger partial charge in [0, 0.05) is 30.3 Å². The number of nitrogens with zero attached hydrogens (tertiary/aromatic N) is 3. The maximum absolute atomic E-state index is 12.2. The Morgan fingerprint density at radius 2 is 2.11 bits per heavy atom. The monoisotopic (exact) mass is 496 g/mol. The zero-order chi connectivity index (χ0) is 24.7. The lowest BCUT2D eigenvalue weighted by Crippen LogP contribution is -2.41. The molecule has 4 atom stereocenters. The van der Waals surface area contributed by atoms with Crippen molar-refractivity contribution in [3.05, 3.63) is 41.1 Å². The van der Waals surface area contributed by atoms with Gasteiger partial charge >= 0.3 is 0 Å². The minimum atomic E-state index is -0.318. The Bertz CT molecular complexity index is 1200. The number of aromatic nitrogens is 2. The van der Waals surface area contributed by atoms with Gasteiger partial charge in [-0.3, -0.25) is 9.59 Å². The quantitative estimate of drug-likeness (QED) is 0.500. The van der Waals surface area contributed by atoms with Gasteiger partial charge in [-0.1, -0.05) is 23.8 Å². The Balaban J connectivity index is 1.49. The lowest BCUT2D eigenvalue weighted by Gasteiger charge is -2.29. The molecule has 0 saturated heterocycles. The number of benzene rings is 1. The number of hydrogen-bond donors (Lipinski definition) is 3. The molecular formula is C25H29ClN6O3. The van der Waals surface area contributed by atoms with Crippen molar-refractivity contribution in [1.29, 1.82) is 0 Å². The van der Waals surface area contributed by atoms with Crippen molar-refractivity contribution in [3.63, 3.8) is 0 Å². The fourth-order valence-electron chi connectivity index (χ4n) is 5.63. The van der Waals surface area contributed by atoms with E-state index in [9.17, 15) is 9.59 Å². The summed E-state index contributed by atoms with van der Waals surface area (Å²) in [4.78, 5) is 35.4. The first kappa shape index (κ1) is 23.4. The summed E-state index contributed by atoms with van der Waals surface area (Å²) >= 11 is 6.48. The number of hydrogen-bond acceptors (Lipinski definition) is 7. The van der Waals surface area contributed by atoms with Gasteiger partial charge in [-0.15, -0.1) is 0 Å². The van der Waals surface area contributed by atoms with Crippen LogP contribution in [-0.4, -0.2) is 41.5 Å². The summed E-state index contributed by atoms with van der Waals surface area (Å²) in [5.74, 6) is 1.33. The molecule has 184 valence electrons. The Hall–Kier alpha value is -3.33. The van der Waals surface area contributed by atoms with Gasteiger partial charge in [-0.25, -0.2) is 4.98 Å². The third-order valence-corrected chi connectivity index (χ3v) is 7.50. The minimum Gasteiger partial charge on any atom is -0.494 e. The maximum Gasteiger partial charge on any atom is 0.232 e. The second-order valence-corrected chi connectivity index (χ2v) is 9.61. The van der Waals surface area contributed by atoms with Gasteiger partial charge in [0.2, 0.25) is 17.8 Å². The molecule has 9 nitrogen and oxygen atoms in total. The molecule has 35 heavy (non-hydrogen) atoms. The molecular weight excluding hydrogens is 468 g/mol. The van der Waals surface area contributed by atoms with Gasteiger partial charge in [0.25, 0.3) is 0 Å². The first-order chi connectivity index (χ1) is 16.9. The summed E-state index contributed by atoms with van der Waals surface area (Å²) in [7, 11) is 1.63. The Morgan fingerprint density at radius 1 is 1.31 bits per heavy atom. The predicted molar refractivity (Wildman–Crippen MR) is 135 cm³/mol. The van der Waals surface area contributed by atoms with Gasteiger partial charge < -0.3 is 26.0 Å². The number of fused-ring (bicyclic) bond motifs is 3. The molecule has 2 heterocycles. The van der Waals surface area contributed by atoms with Crippen LogP contribution in [0.2, 0.25) is 5.02 Å². The molecule has 3 aliphatic rings. The van der Waals surface area contributed by atoms with Crippen molar-refractivity contribution in [2.45, 2.75) is 38.6 Å². The highest BCUT2D eigenvalue weighted by molar-refractivity contribution is 6.32. The zero-order valence-corrected chi connectivity index (χ0v) is 20.5. The van der Waals surface area contributed by atoms with Crippen molar-refractivity contribution < 1.29 is 14.3 Å². The molecule has 5 rings (SSSR count). The highest BCUT2D eigenvalue weighted by atomic mass is 35.5. The van der Waals surface area contributed by atoms with Crippen molar-refractivity contribution in [1.82, 2.24) is 9.97 Å². The van der Waals surface area contributed by atoms with Crippen LogP contribution in [0.1, 0.15) is 31.7 Å². The standard InChI is InChI=1S/C25H29ClN6O3/c1-3-32(18-10-9-17-15(22(18)35-2)5-4-6-19(33)29-17)25-28-12-16(26)24(31-25)30-21-14-8-7-13(11-14)20(21)23(27)34/h7-10,12-14,20-21H,3-6,11H2,1-2H3,(H2,27,34)(H,29,33)(H,28,30,31)/t13-,14+,20+,21-/m0/s1. The summed E-state index contributed by atoms with van der Waals surface area (Å²) in [5, 5.41) is 6.73. The molecule has 2 aliphatic carbocycles. The third kappa shape index (κ3) is 4.18. The molecule has 10 heteroatoms. The van der Waals surface area contributed by atoms with Gasteiger partial charge in [-0.2, -0.15) is 4.98 Å². The number of carbonyl (C=O) groups is 2. The average Bonchev–Trinajstić information content (AvgIpc) is 3.38. The molecule has 0 spiro atoms. The van der Waals surface area contributed by atoms with E-state index in [0.717, 1.165) is 36.2 Å². The summed E-state index contributed by atoms with van der Waals surface area (Å²) in [6.07, 6.45) is 8.62. The van der Waals surface area contributed by atoms with Gasteiger partial charge in [0.05, 0.1) is 24.9 Å². The van der Waals surface area contributed by atoms with Crippen molar-refractivity contribution in [2.24, 2.45) is 23.5 Å². The number of carbonyl (C=O) groups excluding carboxylic acids is 2. The van der Waals surface area contributed by atoms with E-state index in [1.54, 1.807) is 13.3 Å². The highest BCUT2D eigenvalue weighted by Crippen LogP contribution is 2.46. The first-order valence-corrected chi connectivity index (χ1v) is 12.3. The average molecular weight is 497 g/mol. The summed E-state index contributed by atoms with van der Waals surface area (Å²) < 4.78 is 5.83. The number of nitrogens with one attached hydrogen (secondary N) is 2. The van der Waals surface area contributed by atoms with Crippen LogP contribution in [0.5, 0.6) is 5.75 Å². The lowest BCUT2D eigenvalue weighted by molar-refractivity contribution is -0.122. The van der Waals surface area contributed by atoms with Gasteiger partial charge in [-0.05, 0) is 50.2 Å². The van der Waals surface area contributed by atoms with E-state index < -0.39 is 0 Å². The number of allylic oxidation sites excluding steroid dienone is 1. The van der Waals surface area contributed by atoms with E-state index >= 15 is 0 Å². The molecule has 0 unspecified atom stereocenters. The van der Waals surface area contributed by atoms with Gasteiger partial charge in [0.1, 0.15) is 10.8 Å². The van der Waals surface area contributed by atoms with E-state index in [2.05, 4.69) is 27.8 Å². The van der Waals surface area contributed by atoms with E-state index in [0.29, 0.717) is 35.5 Å². The Kier molecular flexibility index (Phi) is 6.27. The SMILES string of the molecule is CCN(c1ncc(Cl)c(N[C@@H]2[C@H](C(N)=O)[C@H]3C=C[C@@H]2C3)n1)c1ccc2c(c1OC)CCCC(=O)N2. The number of anilines is 4. The number of halogens is 1. The highest BCUT2D eigenvalue weighted by Gasteiger charge is 2.47. The number of nitrogens with two attached hydrogens (primary N) is 1. The number of primary amides is 1. The summed E-state index contributed by atoms with van der Waals surface area (Å²) in [5.41, 5.74) is 8.25. The molecule has 4 N–H and O–H groups in total. The molecule has 2 aromatic rings. The molecule has 2 bridgehead atoms. The molecule has 1 aromatic carbocycles. The minimum absolute atomic E-state index is 0.00683. The fraction of sp³-hybridized carbons (Fsp3) is 0.440. The van der Waals surface area contributed by atoms with Crippen LogP contribution in [-0.2, 0) is 16.0 Å². The van der Waals surface area contributed by atoms with E-state index in [1.807, 2.05) is 24.0 Å². The van der Waals surface area contributed by atoms with Crippen LogP contribution in [0.4, 0.5) is 23.1 Å².